The summed E-state index contributed by atoms with van der Waals surface area (Å²) < 4.78 is 11.0. The van der Waals surface area contributed by atoms with Crippen molar-refractivity contribution < 1.29 is 28.7 Å². The summed E-state index contributed by atoms with van der Waals surface area (Å²) in [5.41, 5.74) is 4.63. The highest BCUT2D eigenvalue weighted by atomic mass is 16.5. The Bertz CT molecular complexity index is 1250. The summed E-state index contributed by atoms with van der Waals surface area (Å²) >= 11 is 0. The molecule has 0 radical (unpaired) electrons. The predicted molar refractivity (Wildman–Crippen MR) is 128 cm³/mol. The van der Waals surface area contributed by atoms with E-state index in [0.29, 0.717) is 22.9 Å². The van der Waals surface area contributed by atoms with E-state index < -0.39 is 18.5 Å². The van der Waals surface area contributed by atoms with Crippen LogP contribution >= 0.6 is 0 Å². The van der Waals surface area contributed by atoms with E-state index in [1.54, 1.807) is 24.3 Å². The third-order valence-corrected chi connectivity index (χ3v) is 5.16. The molecule has 178 valence electrons. The van der Waals surface area contributed by atoms with Gasteiger partial charge in [-0.3, -0.25) is 19.8 Å². The molecule has 4 rings (SSSR count). The van der Waals surface area contributed by atoms with Gasteiger partial charge in [0.1, 0.15) is 5.75 Å². The number of anilines is 2. The van der Waals surface area contributed by atoms with Crippen molar-refractivity contribution in [3.05, 3.63) is 83.9 Å². The van der Waals surface area contributed by atoms with E-state index in [0.717, 1.165) is 10.6 Å². The Labute approximate surface area is 201 Å². The zero-order valence-electron chi connectivity index (χ0n) is 18.9. The minimum Gasteiger partial charge on any atom is -0.455 e. The smallest absolute Gasteiger partial charge is 0.338 e. The molecule has 0 aliphatic carbocycles. The maximum absolute atomic E-state index is 12.4. The summed E-state index contributed by atoms with van der Waals surface area (Å²) in [7, 11) is 0. The molecule has 0 spiro atoms. The monoisotopic (exact) mass is 473 g/mol. The van der Waals surface area contributed by atoms with Crippen molar-refractivity contribution in [3.63, 3.8) is 0 Å². The molecule has 0 saturated carbocycles. The van der Waals surface area contributed by atoms with E-state index in [1.165, 1.54) is 24.3 Å². The van der Waals surface area contributed by atoms with Crippen LogP contribution in [-0.2, 0) is 19.1 Å². The molecule has 0 aromatic heterocycles. The van der Waals surface area contributed by atoms with Gasteiger partial charge >= 0.3 is 5.97 Å². The summed E-state index contributed by atoms with van der Waals surface area (Å²) in [4.78, 5) is 48.3. The Morgan fingerprint density at radius 2 is 1.66 bits per heavy atom. The van der Waals surface area contributed by atoms with Gasteiger partial charge in [-0.05, 0) is 55.5 Å². The molecule has 35 heavy (non-hydrogen) atoms. The first-order valence-electron chi connectivity index (χ1n) is 10.9. The van der Waals surface area contributed by atoms with Crippen molar-refractivity contribution in [3.8, 4) is 11.5 Å². The lowest BCUT2D eigenvalue weighted by molar-refractivity contribution is -0.130. The van der Waals surface area contributed by atoms with Gasteiger partial charge in [0.2, 0.25) is 11.8 Å². The van der Waals surface area contributed by atoms with Gasteiger partial charge < -0.3 is 14.8 Å². The first kappa shape index (κ1) is 23.5. The Morgan fingerprint density at radius 1 is 0.943 bits per heavy atom. The Kier molecular flexibility index (Phi) is 7.06. The van der Waals surface area contributed by atoms with Gasteiger partial charge in [-0.15, -0.1) is 0 Å². The van der Waals surface area contributed by atoms with Crippen molar-refractivity contribution in [1.29, 1.82) is 0 Å². The number of carbonyl (C=O) groups excluding carboxylic acids is 4. The van der Waals surface area contributed by atoms with Gasteiger partial charge in [0.05, 0.1) is 16.9 Å². The predicted octanol–water partition coefficient (Wildman–Crippen LogP) is 3.74. The van der Waals surface area contributed by atoms with Crippen LogP contribution in [0.15, 0.2) is 72.8 Å². The van der Waals surface area contributed by atoms with Crippen molar-refractivity contribution in [2.75, 3.05) is 16.9 Å². The molecule has 1 heterocycles. The van der Waals surface area contributed by atoms with Crippen molar-refractivity contribution in [2.45, 2.75) is 19.8 Å². The first-order valence-corrected chi connectivity index (χ1v) is 10.9. The zero-order chi connectivity index (χ0) is 24.8. The Balaban J connectivity index is 1.33. The van der Waals surface area contributed by atoms with Crippen LogP contribution < -0.4 is 20.5 Å². The highest BCUT2D eigenvalue weighted by Gasteiger charge is 2.24. The fourth-order valence-corrected chi connectivity index (χ4v) is 3.32. The van der Waals surface area contributed by atoms with E-state index >= 15 is 0 Å². The molecule has 3 amide bonds. The summed E-state index contributed by atoms with van der Waals surface area (Å²) in [6.45, 7) is 1.47. The van der Waals surface area contributed by atoms with E-state index in [4.69, 9.17) is 9.47 Å². The molecule has 0 unspecified atom stereocenters. The Hall–Kier alpha value is -4.66. The number of carbonyl (C=O) groups is 4. The van der Waals surface area contributed by atoms with Crippen LogP contribution in [0.4, 0.5) is 11.4 Å². The average molecular weight is 473 g/mol. The lowest BCUT2D eigenvalue weighted by Crippen LogP contribution is -2.50. The molecule has 1 aliphatic rings. The van der Waals surface area contributed by atoms with Crippen molar-refractivity contribution in [2.24, 2.45) is 0 Å². The normalized spacial score (nSPS) is 13.1. The van der Waals surface area contributed by atoms with E-state index in [9.17, 15) is 19.2 Å². The maximum Gasteiger partial charge on any atom is 0.338 e. The standard InChI is InChI=1S/C26H23N3O6/c1-17-6-12-20(13-7-17)35-22-5-3-2-4-21(22)27-24(31)16-34-26(33)18-8-10-19(11-9-18)29-25(32)15-14-23(30)28-29/h2-13H,14-16H2,1H3,(H,27,31)(H,28,30). The van der Waals surface area contributed by atoms with E-state index in [2.05, 4.69) is 10.7 Å². The number of ether oxygens (including phenoxy) is 2. The highest BCUT2D eigenvalue weighted by molar-refractivity contribution is 6.01. The number of hydrogen-bond donors (Lipinski definition) is 2. The van der Waals surface area contributed by atoms with Crippen LogP contribution in [0.25, 0.3) is 0 Å². The van der Waals surface area contributed by atoms with E-state index in [1.807, 2.05) is 31.2 Å². The largest absolute Gasteiger partial charge is 0.455 e. The van der Waals surface area contributed by atoms with E-state index in [-0.39, 0.29) is 30.2 Å². The summed E-state index contributed by atoms with van der Waals surface area (Å²) in [6.07, 6.45) is 0.258. The van der Waals surface area contributed by atoms with Crippen molar-refractivity contribution in [1.82, 2.24) is 5.43 Å². The minimum absolute atomic E-state index is 0.115. The SMILES string of the molecule is Cc1ccc(Oc2ccccc2NC(=O)COC(=O)c2ccc(N3NC(=O)CCC3=O)cc2)cc1. The van der Waals surface area contributed by atoms with Crippen LogP contribution in [0, 0.1) is 6.92 Å². The molecule has 9 heteroatoms. The molecular weight excluding hydrogens is 450 g/mol. The second-order valence-corrected chi connectivity index (χ2v) is 7.85. The van der Waals surface area contributed by atoms with Gasteiger partial charge in [-0.25, -0.2) is 9.80 Å². The number of hydrogen-bond acceptors (Lipinski definition) is 6. The van der Waals surface area contributed by atoms with Gasteiger partial charge in [0, 0.05) is 12.8 Å². The molecule has 9 nitrogen and oxygen atoms in total. The second kappa shape index (κ2) is 10.5. The second-order valence-electron chi connectivity index (χ2n) is 7.85. The third-order valence-electron chi connectivity index (χ3n) is 5.16. The van der Waals surface area contributed by atoms with Crippen LogP contribution in [-0.4, -0.2) is 30.3 Å². The summed E-state index contributed by atoms with van der Waals surface area (Å²) in [5.74, 6) is -0.668. The van der Waals surface area contributed by atoms with Crippen LogP contribution in [0.3, 0.4) is 0 Å². The molecule has 2 N–H and O–H groups in total. The molecule has 1 saturated heterocycles. The number of rotatable bonds is 7. The number of benzene rings is 3. The third kappa shape index (κ3) is 6.02. The van der Waals surface area contributed by atoms with Gasteiger partial charge in [-0.1, -0.05) is 29.8 Å². The molecule has 1 aliphatic heterocycles. The number of esters is 1. The number of nitrogens with one attached hydrogen (secondary N) is 2. The lowest BCUT2D eigenvalue weighted by atomic mass is 10.2. The number of nitrogens with zero attached hydrogens (tertiary/aromatic N) is 1. The highest BCUT2D eigenvalue weighted by Crippen LogP contribution is 2.29. The quantitative estimate of drug-likeness (QED) is 0.506. The average Bonchev–Trinajstić information content (AvgIpc) is 2.86. The van der Waals surface area contributed by atoms with Gasteiger partial charge in [0.25, 0.3) is 5.91 Å². The molecule has 3 aromatic rings. The van der Waals surface area contributed by atoms with Crippen LogP contribution in [0.5, 0.6) is 11.5 Å². The number of amides is 3. The minimum atomic E-state index is -0.704. The molecule has 1 fully saturated rings. The zero-order valence-corrected chi connectivity index (χ0v) is 18.9. The molecular formula is C26H23N3O6. The van der Waals surface area contributed by atoms with Gasteiger partial charge in [-0.2, -0.15) is 0 Å². The maximum atomic E-state index is 12.4. The molecule has 0 bridgehead atoms. The summed E-state index contributed by atoms with van der Waals surface area (Å²) in [6, 6.07) is 20.4. The fraction of sp³-hybridized carbons (Fsp3) is 0.154. The molecule has 3 aromatic carbocycles. The van der Waals surface area contributed by atoms with Gasteiger partial charge in [0.15, 0.2) is 12.4 Å². The van der Waals surface area contributed by atoms with Crippen LogP contribution in [0.2, 0.25) is 0 Å². The summed E-state index contributed by atoms with van der Waals surface area (Å²) in [5, 5.41) is 3.83. The molecule has 0 atom stereocenters. The van der Waals surface area contributed by atoms with Crippen LogP contribution in [0.1, 0.15) is 28.8 Å². The number of para-hydroxylation sites is 2. The number of hydrazine groups is 1. The Morgan fingerprint density at radius 3 is 2.40 bits per heavy atom. The first-order chi connectivity index (χ1) is 16.9. The van der Waals surface area contributed by atoms with Crippen molar-refractivity contribution >= 4 is 35.1 Å². The fourth-order valence-electron chi connectivity index (χ4n) is 3.32. The lowest BCUT2D eigenvalue weighted by Gasteiger charge is -2.27. The number of aryl methyl sites for hydroxylation is 1. The topological polar surface area (TPSA) is 114 Å².